The summed E-state index contributed by atoms with van der Waals surface area (Å²) in [5.74, 6) is 1.72. The van der Waals surface area contributed by atoms with Crippen LogP contribution in [0.5, 0.6) is 5.75 Å². The average molecular weight is 287 g/mol. The van der Waals surface area contributed by atoms with Gasteiger partial charge >= 0.3 is 0 Å². The van der Waals surface area contributed by atoms with Crippen molar-refractivity contribution in [1.29, 1.82) is 0 Å². The highest BCUT2D eigenvalue weighted by atomic mass is 16.5. The lowest BCUT2D eigenvalue weighted by atomic mass is 9.88. The normalized spacial score (nSPS) is 13.2. The van der Waals surface area contributed by atoms with Crippen LogP contribution in [0.15, 0.2) is 30.5 Å². The van der Waals surface area contributed by atoms with Gasteiger partial charge in [-0.2, -0.15) is 0 Å². The van der Waals surface area contributed by atoms with E-state index in [0.717, 1.165) is 28.8 Å². The highest BCUT2D eigenvalue weighted by Crippen LogP contribution is 2.29. The van der Waals surface area contributed by atoms with E-state index in [4.69, 9.17) is 10.5 Å². The molecule has 21 heavy (non-hydrogen) atoms. The van der Waals surface area contributed by atoms with Crippen LogP contribution in [0.2, 0.25) is 0 Å². The minimum absolute atomic E-state index is 0.104. The Hall–Kier alpha value is -1.81. The second kappa shape index (κ2) is 6.31. The van der Waals surface area contributed by atoms with Crippen LogP contribution >= 0.6 is 0 Å². The van der Waals surface area contributed by atoms with E-state index in [1.807, 2.05) is 24.3 Å². The Kier molecular flexibility index (Phi) is 4.68. The Morgan fingerprint density at radius 2 is 2.00 bits per heavy atom. The minimum atomic E-state index is 0.104. The number of nitrogens with two attached hydrogens (primary N) is 1. The van der Waals surface area contributed by atoms with Gasteiger partial charge in [0.15, 0.2) is 0 Å². The van der Waals surface area contributed by atoms with Crippen LogP contribution in [0.1, 0.15) is 27.2 Å². The predicted molar refractivity (Wildman–Crippen MR) is 88.8 cm³/mol. The number of fused-ring (bicyclic) bond motifs is 1. The Labute approximate surface area is 126 Å². The highest BCUT2D eigenvalue weighted by molar-refractivity contribution is 5.95. The van der Waals surface area contributed by atoms with Crippen molar-refractivity contribution >= 4 is 16.6 Å². The van der Waals surface area contributed by atoms with E-state index < -0.39 is 0 Å². The molecule has 114 valence electrons. The number of nitrogens with zero attached hydrogens (tertiary/aromatic N) is 1. The molecule has 4 nitrogen and oxygen atoms in total. The van der Waals surface area contributed by atoms with Gasteiger partial charge in [-0.05, 0) is 24.0 Å². The minimum Gasteiger partial charge on any atom is -0.496 e. The van der Waals surface area contributed by atoms with E-state index in [9.17, 15) is 0 Å². The summed E-state index contributed by atoms with van der Waals surface area (Å²) in [5.41, 5.74) is 6.43. The van der Waals surface area contributed by atoms with Crippen molar-refractivity contribution in [3.8, 4) is 5.75 Å². The van der Waals surface area contributed by atoms with Gasteiger partial charge in [0.05, 0.1) is 7.11 Å². The molecule has 0 spiro atoms. The molecule has 1 aromatic carbocycles. The molecule has 1 heterocycles. The van der Waals surface area contributed by atoms with Crippen molar-refractivity contribution in [1.82, 2.24) is 4.98 Å². The number of ether oxygens (including phenoxy) is 1. The van der Waals surface area contributed by atoms with Crippen molar-refractivity contribution in [3.05, 3.63) is 30.5 Å². The zero-order valence-electron chi connectivity index (χ0n) is 13.3. The molecule has 0 aliphatic rings. The molecule has 0 fully saturated rings. The standard InChI is InChI=1S/C17H25N3O/c1-17(2,3)10-12(18)11-20-16-14-6-5-7-15(21-4)13(14)8-9-19-16/h5-9,12H,10-11,18H2,1-4H3,(H,19,20). The smallest absolute Gasteiger partial charge is 0.134 e. The fourth-order valence-electron chi connectivity index (χ4n) is 2.58. The van der Waals surface area contributed by atoms with Crippen molar-refractivity contribution in [2.24, 2.45) is 11.1 Å². The maximum Gasteiger partial charge on any atom is 0.134 e. The molecule has 1 unspecified atom stereocenters. The Balaban J connectivity index is 2.16. The number of aromatic nitrogens is 1. The van der Waals surface area contributed by atoms with E-state index in [-0.39, 0.29) is 11.5 Å². The van der Waals surface area contributed by atoms with Gasteiger partial charge in [-0.3, -0.25) is 0 Å². The van der Waals surface area contributed by atoms with Crippen molar-refractivity contribution in [2.75, 3.05) is 19.0 Å². The Morgan fingerprint density at radius 1 is 1.24 bits per heavy atom. The number of hydrogen-bond acceptors (Lipinski definition) is 4. The van der Waals surface area contributed by atoms with Crippen molar-refractivity contribution < 1.29 is 4.74 Å². The first-order valence-corrected chi connectivity index (χ1v) is 7.32. The van der Waals surface area contributed by atoms with Crippen LogP contribution in [0, 0.1) is 5.41 Å². The summed E-state index contributed by atoms with van der Waals surface area (Å²) in [6, 6.07) is 8.05. The van der Waals surface area contributed by atoms with Crippen LogP contribution in [0.3, 0.4) is 0 Å². The molecule has 0 amide bonds. The summed E-state index contributed by atoms with van der Waals surface area (Å²) < 4.78 is 5.39. The summed E-state index contributed by atoms with van der Waals surface area (Å²) in [5, 5.41) is 5.48. The van der Waals surface area contributed by atoms with Crippen molar-refractivity contribution in [3.63, 3.8) is 0 Å². The largest absolute Gasteiger partial charge is 0.496 e. The number of rotatable bonds is 5. The molecule has 0 aliphatic carbocycles. The van der Waals surface area contributed by atoms with Crippen LogP contribution in [-0.4, -0.2) is 24.7 Å². The second-order valence-corrected chi connectivity index (χ2v) is 6.62. The monoisotopic (exact) mass is 287 g/mol. The molecule has 1 aromatic heterocycles. The van der Waals surface area contributed by atoms with Gasteiger partial charge in [0.1, 0.15) is 11.6 Å². The highest BCUT2D eigenvalue weighted by Gasteiger charge is 2.16. The van der Waals surface area contributed by atoms with E-state index in [1.165, 1.54) is 0 Å². The molecule has 4 heteroatoms. The maximum atomic E-state index is 6.19. The summed E-state index contributed by atoms with van der Waals surface area (Å²) >= 11 is 0. The molecular formula is C17H25N3O. The maximum absolute atomic E-state index is 6.19. The Bertz CT molecular complexity index is 604. The zero-order valence-corrected chi connectivity index (χ0v) is 13.3. The molecule has 0 saturated heterocycles. The summed E-state index contributed by atoms with van der Waals surface area (Å²) in [4.78, 5) is 4.43. The zero-order chi connectivity index (χ0) is 15.5. The first-order chi connectivity index (χ1) is 9.90. The summed E-state index contributed by atoms with van der Waals surface area (Å²) in [6.07, 6.45) is 2.76. The molecular weight excluding hydrogens is 262 g/mol. The fourth-order valence-corrected chi connectivity index (χ4v) is 2.58. The van der Waals surface area contributed by atoms with Crippen LogP contribution < -0.4 is 15.8 Å². The second-order valence-electron chi connectivity index (χ2n) is 6.62. The number of benzene rings is 1. The first-order valence-electron chi connectivity index (χ1n) is 7.32. The first kappa shape index (κ1) is 15.6. The number of anilines is 1. The molecule has 2 rings (SSSR count). The molecule has 1 atom stereocenters. The molecule has 0 bridgehead atoms. The third-order valence-corrected chi connectivity index (χ3v) is 3.39. The van der Waals surface area contributed by atoms with Gasteiger partial charge in [-0.1, -0.05) is 32.9 Å². The number of nitrogens with one attached hydrogen (secondary N) is 1. The van der Waals surface area contributed by atoms with Crippen molar-refractivity contribution in [2.45, 2.75) is 33.2 Å². The van der Waals surface area contributed by atoms with E-state index in [1.54, 1.807) is 13.3 Å². The summed E-state index contributed by atoms with van der Waals surface area (Å²) in [6.45, 7) is 7.32. The lowest BCUT2D eigenvalue weighted by Gasteiger charge is -2.23. The van der Waals surface area contributed by atoms with Gasteiger partial charge in [0.25, 0.3) is 0 Å². The van der Waals surface area contributed by atoms with E-state index in [2.05, 4.69) is 31.1 Å². The van der Waals surface area contributed by atoms with Crippen LogP contribution in [0.25, 0.3) is 10.8 Å². The predicted octanol–water partition coefficient (Wildman–Crippen LogP) is 3.42. The van der Waals surface area contributed by atoms with Gasteiger partial charge < -0.3 is 15.8 Å². The molecule has 3 N–H and O–H groups in total. The average Bonchev–Trinajstić information content (AvgIpc) is 2.42. The van der Waals surface area contributed by atoms with Gasteiger partial charge in [-0.25, -0.2) is 4.98 Å². The topological polar surface area (TPSA) is 60.2 Å². The number of hydrogen-bond donors (Lipinski definition) is 2. The fraction of sp³-hybridized carbons (Fsp3) is 0.471. The molecule has 0 aliphatic heterocycles. The van der Waals surface area contributed by atoms with E-state index >= 15 is 0 Å². The third-order valence-electron chi connectivity index (χ3n) is 3.39. The van der Waals surface area contributed by atoms with Gasteiger partial charge in [-0.15, -0.1) is 0 Å². The lowest BCUT2D eigenvalue weighted by molar-refractivity contribution is 0.344. The third kappa shape index (κ3) is 4.08. The van der Waals surface area contributed by atoms with Crippen LogP contribution in [0.4, 0.5) is 5.82 Å². The van der Waals surface area contributed by atoms with Crippen LogP contribution in [-0.2, 0) is 0 Å². The lowest BCUT2D eigenvalue weighted by Crippen LogP contribution is -2.33. The number of pyridine rings is 1. The Morgan fingerprint density at radius 3 is 2.67 bits per heavy atom. The van der Waals surface area contributed by atoms with E-state index in [0.29, 0.717) is 6.54 Å². The number of methoxy groups -OCH3 is 1. The quantitative estimate of drug-likeness (QED) is 0.884. The SMILES string of the molecule is COc1cccc2c(NCC(N)CC(C)(C)C)nccc12. The summed E-state index contributed by atoms with van der Waals surface area (Å²) in [7, 11) is 1.68. The van der Waals surface area contributed by atoms with Gasteiger partial charge in [0.2, 0.25) is 0 Å². The molecule has 0 radical (unpaired) electrons. The van der Waals surface area contributed by atoms with Gasteiger partial charge in [0, 0.05) is 29.6 Å². The molecule has 0 saturated carbocycles. The molecule has 2 aromatic rings.